The fraction of sp³-hybridized carbons (Fsp3) is 0.467. The molecular formula is C15H16F3N3O. The number of carbonyl (C=O) groups is 1. The number of amides is 1. The van der Waals surface area contributed by atoms with Crippen LogP contribution in [0, 0.1) is 0 Å². The van der Waals surface area contributed by atoms with Gasteiger partial charge in [-0.25, -0.2) is 4.98 Å². The van der Waals surface area contributed by atoms with E-state index < -0.39 is 11.7 Å². The molecule has 2 N–H and O–H groups in total. The molecule has 0 saturated heterocycles. The number of aromatic amines is 1. The highest BCUT2D eigenvalue weighted by molar-refractivity contribution is 6.06. The summed E-state index contributed by atoms with van der Waals surface area (Å²) >= 11 is 0. The first kappa shape index (κ1) is 14.9. The van der Waals surface area contributed by atoms with Crippen LogP contribution in [0.5, 0.6) is 0 Å². The Morgan fingerprint density at radius 2 is 2.00 bits per heavy atom. The zero-order valence-corrected chi connectivity index (χ0v) is 11.8. The Hall–Kier alpha value is -2.05. The van der Waals surface area contributed by atoms with E-state index in [-0.39, 0.29) is 28.5 Å². The fourth-order valence-electron chi connectivity index (χ4n) is 2.86. The van der Waals surface area contributed by atoms with Gasteiger partial charge >= 0.3 is 6.18 Å². The molecule has 0 bridgehead atoms. The summed E-state index contributed by atoms with van der Waals surface area (Å²) in [5, 5.41) is 3.10. The number of fused-ring (bicyclic) bond motifs is 1. The van der Waals surface area contributed by atoms with E-state index in [9.17, 15) is 18.0 Å². The molecule has 2 heterocycles. The lowest BCUT2D eigenvalue weighted by molar-refractivity contribution is -0.137. The van der Waals surface area contributed by atoms with Crippen LogP contribution in [-0.4, -0.2) is 21.9 Å². The molecule has 22 heavy (non-hydrogen) atoms. The minimum atomic E-state index is -4.48. The average molecular weight is 311 g/mol. The lowest BCUT2D eigenvalue weighted by atomic mass is 9.95. The third kappa shape index (κ3) is 2.93. The third-order valence-electron chi connectivity index (χ3n) is 4.04. The van der Waals surface area contributed by atoms with E-state index >= 15 is 0 Å². The molecule has 2 aromatic rings. The van der Waals surface area contributed by atoms with Crippen molar-refractivity contribution in [2.45, 2.75) is 44.3 Å². The van der Waals surface area contributed by atoms with Crippen molar-refractivity contribution >= 4 is 16.9 Å². The Bertz CT molecular complexity index is 687. The van der Waals surface area contributed by atoms with Gasteiger partial charge in [0.25, 0.3) is 5.91 Å². The molecule has 0 aliphatic heterocycles. The van der Waals surface area contributed by atoms with E-state index in [0.29, 0.717) is 0 Å². The molecule has 1 saturated carbocycles. The topological polar surface area (TPSA) is 57.8 Å². The molecule has 0 atom stereocenters. The number of aromatic nitrogens is 2. The Balaban J connectivity index is 1.87. The van der Waals surface area contributed by atoms with Crippen LogP contribution >= 0.6 is 0 Å². The largest absolute Gasteiger partial charge is 0.417 e. The predicted octanol–water partition coefficient (Wildman–Crippen LogP) is 3.64. The molecule has 0 spiro atoms. The van der Waals surface area contributed by atoms with Crippen molar-refractivity contribution < 1.29 is 18.0 Å². The first-order chi connectivity index (χ1) is 10.4. The number of rotatable bonds is 2. The number of nitrogens with zero attached hydrogens (tertiary/aromatic N) is 1. The van der Waals surface area contributed by atoms with Crippen LogP contribution in [0.2, 0.25) is 0 Å². The maximum Gasteiger partial charge on any atom is 0.417 e. The standard InChI is InChI=1S/C15H16F3N3O/c16-15(17,18)9-6-11-12(8-20-13(11)19-7-9)14(22)21-10-4-2-1-3-5-10/h6-8,10H,1-5H2,(H,19,20)(H,21,22). The summed E-state index contributed by atoms with van der Waals surface area (Å²) in [6, 6.07) is 1.07. The number of carbonyl (C=O) groups excluding carboxylic acids is 1. The van der Waals surface area contributed by atoms with E-state index in [1.165, 1.54) is 6.20 Å². The second-order valence-corrected chi connectivity index (χ2v) is 5.63. The van der Waals surface area contributed by atoms with E-state index in [1.807, 2.05) is 0 Å². The van der Waals surface area contributed by atoms with Gasteiger partial charge in [0.05, 0.1) is 11.1 Å². The van der Waals surface area contributed by atoms with E-state index in [4.69, 9.17) is 0 Å². The fourth-order valence-corrected chi connectivity index (χ4v) is 2.86. The highest BCUT2D eigenvalue weighted by atomic mass is 19.4. The van der Waals surface area contributed by atoms with Crippen LogP contribution in [0.1, 0.15) is 48.0 Å². The first-order valence-electron chi connectivity index (χ1n) is 7.30. The van der Waals surface area contributed by atoms with Crippen molar-refractivity contribution in [3.8, 4) is 0 Å². The smallest absolute Gasteiger partial charge is 0.349 e. The second kappa shape index (κ2) is 5.62. The molecular weight excluding hydrogens is 295 g/mol. The number of pyridine rings is 1. The Morgan fingerprint density at radius 1 is 1.27 bits per heavy atom. The average Bonchev–Trinajstić information content (AvgIpc) is 2.90. The molecule has 1 aliphatic carbocycles. The van der Waals surface area contributed by atoms with Gasteiger partial charge in [-0.1, -0.05) is 19.3 Å². The second-order valence-electron chi connectivity index (χ2n) is 5.63. The van der Waals surface area contributed by atoms with Crippen LogP contribution in [0.15, 0.2) is 18.5 Å². The number of alkyl halides is 3. The summed E-state index contributed by atoms with van der Waals surface area (Å²) in [6.07, 6.45) is 2.84. The first-order valence-corrected chi connectivity index (χ1v) is 7.30. The SMILES string of the molecule is O=C(NC1CCCCC1)c1c[nH]c2ncc(C(F)(F)F)cc12. The minimum Gasteiger partial charge on any atom is -0.349 e. The summed E-state index contributed by atoms with van der Waals surface area (Å²) in [6.45, 7) is 0. The molecule has 3 rings (SSSR count). The van der Waals surface area contributed by atoms with Crippen molar-refractivity contribution in [1.29, 1.82) is 0 Å². The molecule has 4 nitrogen and oxygen atoms in total. The Labute approximate surface area is 125 Å². The normalized spacial score (nSPS) is 16.9. The van der Waals surface area contributed by atoms with Crippen LogP contribution in [0.4, 0.5) is 13.2 Å². The van der Waals surface area contributed by atoms with Crippen molar-refractivity contribution in [3.05, 3.63) is 29.6 Å². The number of halogens is 3. The van der Waals surface area contributed by atoms with Gasteiger partial charge < -0.3 is 10.3 Å². The van der Waals surface area contributed by atoms with Crippen molar-refractivity contribution in [1.82, 2.24) is 15.3 Å². The van der Waals surface area contributed by atoms with Crippen LogP contribution < -0.4 is 5.32 Å². The maximum atomic E-state index is 12.8. The summed E-state index contributed by atoms with van der Waals surface area (Å²) in [5.41, 5.74) is -0.368. The summed E-state index contributed by atoms with van der Waals surface area (Å²) in [5.74, 6) is -0.348. The van der Waals surface area contributed by atoms with E-state index in [1.54, 1.807) is 0 Å². The predicted molar refractivity (Wildman–Crippen MR) is 75.4 cm³/mol. The van der Waals surface area contributed by atoms with Crippen molar-refractivity contribution in [3.63, 3.8) is 0 Å². The molecule has 0 aromatic carbocycles. The van der Waals surface area contributed by atoms with Crippen LogP contribution in [0.25, 0.3) is 11.0 Å². The summed E-state index contributed by atoms with van der Waals surface area (Å²) < 4.78 is 38.3. The van der Waals surface area contributed by atoms with Crippen LogP contribution in [-0.2, 0) is 6.18 Å². The van der Waals surface area contributed by atoms with Crippen LogP contribution in [0.3, 0.4) is 0 Å². The zero-order valence-electron chi connectivity index (χ0n) is 11.8. The molecule has 1 amide bonds. The van der Waals surface area contributed by atoms with Gasteiger partial charge in [-0.05, 0) is 18.9 Å². The van der Waals surface area contributed by atoms with Gasteiger partial charge in [0, 0.05) is 23.8 Å². The van der Waals surface area contributed by atoms with Gasteiger partial charge in [0.15, 0.2) is 0 Å². The lowest BCUT2D eigenvalue weighted by Gasteiger charge is -2.22. The van der Waals surface area contributed by atoms with Gasteiger partial charge in [-0.3, -0.25) is 4.79 Å². The molecule has 2 aromatic heterocycles. The van der Waals surface area contributed by atoms with Gasteiger partial charge in [0.1, 0.15) is 5.65 Å². The lowest BCUT2D eigenvalue weighted by Crippen LogP contribution is -2.36. The minimum absolute atomic E-state index is 0.102. The molecule has 118 valence electrons. The summed E-state index contributed by atoms with van der Waals surface area (Å²) in [7, 11) is 0. The highest BCUT2D eigenvalue weighted by Crippen LogP contribution is 2.31. The molecule has 1 fully saturated rings. The Morgan fingerprint density at radius 3 is 2.68 bits per heavy atom. The number of H-pyrrole nitrogens is 1. The van der Waals surface area contributed by atoms with Gasteiger partial charge in [-0.2, -0.15) is 13.2 Å². The van der Waals surface area contributed by atoms with Crippen molar-refractivity contribution in [2.75, 3.05) is 0 Å². The monoisotopic (exact) mass is 311 g/mol. The van der Waals surface area contributed by atoms with E-state index in [2.05, 4.69) is 15.3 Å². The quantitative estimate of drug-likeness (QED) is 0.889. The molecule has 0 unspecified atom stereocenters. The zero-order chi connectivity index (χ0) is 15.7. The summed E-state index contributed by atoms with van der Waals surface area (Å²) in [4.78, 5) is 18.8. The molecule has 0 radical (unpaired) electrons. The van der Waals surface area contributed by atoms with Crippen molar-refractivity contribution in [2.24, 2.45) is 0 Å². The van der Waals surface area contributed by atoms with E-state index in [0.717, 1.165) is 44.4 Å². The molecule has 7 heteroatoms. The number of nitrogens with one attached hydrogen (secondary N) is 2. The maximum absolute atomic E-state index is 12.8. The number of hydrogen-bond donors (Lipinski definition) is 2. The Kier molecular flexibility index (Phi) is 3.80. The molecule has 1 aliphatic rings. The third-order valence-corrected chi connectivity index (χ3v) is 4.04. The van der Waals surface area contributed by atoms with Gasteiger partial charge in [0.2, 0.25) is 0 Å². The number of hydrogen-bond acceptors (Lipinski definition) is 2. The van der Waals surface area contributed by atoms with Gasteiger partial charge in [-0.15, -0.1) is 0 Å². The highest BCUT2D eigenvalue weighted by Gasteiger charge is 2.32.